The van der Waals surface area contributed by atoms with E-state index in [1.807, 2.05) is 84.9 Å². The first kappa shape index (κ1) is 13.5. The molecule has 0 saturated carbocycles. The minimum Gasteiger partial charge on any atom is -0.425 e. The highest BCUT2D eigenvalue weighted by molar-refractivity contribution is 5.91. The summed E-state index contributed by atoms with van der Waals surface area (Å²) in [5, 5.41) is 1.75. The van der Waals surface area contributed by atoms with E-state index >= 15 is 0 Å². The van der Waals surface area contributed by atoms with E-state index in [1.165, 1.54) is 0 Å². The number of hydrogen-bond donors (Lipinski definition) is 0. The molecule has 0 atom stereocenters. The van der Waals surface area contributed by atoms with Crippen LogP contribution in [0.1, 0.15) is 0 Å². The SMILES string of the molecule is c1ccc(Oc2oc(Oc3ccccc3)c3ccccc23)cc1. The van der Waals surface area contributed by atoms with Gasteiger partial charge in [-0.3, -0.25) is 0 Å². The molecule has 0 unspecified atom stereocenters. The largest absolute Gasteiger partial charge is 0.425 e. The van der Waals surface area contributed by atoms with Crippen LogP contribution in [-0.2, 0) is 0 Å². The molecule has 1 aromatic heterocycles. The minimum absolute atomic E-state index is 0.428. The van der Waals surface area contributed by atoms with Gasteiger partial charge in [-0.15, -0.1) is 0 Å². The number of hydrogen-bond acceptors (Lipinski definition) is 3. The number of para-hydroxylation sites is 2. The maximum absolute atomic E-state index is 5.86. The zero-order chi connectivity index (χ0) is 15.5. The van der Waals surface area contributed by atoms with E-state index in [4.69, 9.17) is 13.9 Å². The standard InChI is InChI=1S/C20H14O3/c1-3-9-15(10-4-1)21-19-17-13-7-8-14-18(17)20(23-19)22-16-11-5-2-6-12-16/h1-14H. The van der Waals surface area contributed by atoms with Crippen LogP contribution in [0.4, 0.5) is 0 Å². The second-order valence-electron chi connectivity index (χ2n) is 5.05. The lowest BCUT2D eigenvalue weighted by atomic mass is 10.2. The molecule has 0 aliphatic heterocycles. The van der Waals surface area contributed by atoms with E-state index in [1.54, 1.807) is 0 Å². The molecule has 0 radical (unpaired) electrons. The van der Waals surface area contributed by atoms with Crippen LogP contribution in [0.2, 0.25) is 0 Å². The molecule has 0 fully saturated rings. The highest BCUT2D eigenvalue weighted by Gasteiger charge is 2.16. The molecular formula is C20H14O3. The minimum atomic E-state index is 0.428. The average Bonchev–Trinajstić information content (AvgIpc) is 2.95. The van der Waals surface area contributed by atoms with Crippen molar-refractivity contribution in [3.05, 3.63) is 84.9 Å². The van der Waals surface area contributed by atoms with Crippen LogP contribution in [0.5, 0.6) is 23.4 Å². The van der Waals surface area contributed by atoms with Crippen molar-refractivity contribution in [2.24, 2.45) is 0 Å². The summed E-state index contributed by atoms with van der Waals surface area (Å²) < 4.78 is 17.6. The van der Waals surface area contributed by atoms with E-state index in [-0.39, 0.29) is 0 Å². The van der Waals surface area contributed by atoms with Gasteiger partial charge in [-0.25, -0.2) is 0 Å². The Morgan fingerprint density at radius 2 is 0.870 bits per heavy atom. The molecule has 3 nitrogen and oxygen atoms in total. The monoisotopic (exact) mass is 302 g/mol. The Kier molecular flexibility index (Phi) is 3.45. The van der Waals surface area contributed by atoms with Crippen LogP contribution in [0.15, 0.2) is 89.3 Å². The van der Waals surface area contributed by atoms with Gasteiger partial charge >= 0.3 is 11.9 Å². The zero-order valence-corrected chi connectivity index (χ0v) is 12.3. The van der Waals surface area contributed by atoms with Crippen LogP contribution >= 0.6 is 0 Å². The number of furan rings is 1. The van der Waals surface area contributed by atoms with Crippen LogP contribution < -0.4 is 9.47 Å². The van der Waals surface area contributed by atoms with Gasteiger partial charge < -0.3 is 13.9 Å². The Hall–Kier alpha value is -3.20. The Morgan fingerprint density at radius 1 is 0.478 bits per heavy atom. The smallest absolute Gasteiger partial charge is 0.301 e. The Bertz CT molecular complexity index is 836. The average molecular weight is 302 g/mol. The molecule has 1 heterocycles. The second-order valence-corrected chi connectivity index (χ2v) is 5.05. The highest BCUT2D eigenvalue weighted by Crippen LogP contribution is 2.41. The van der Waals surface area contributed by atoms with E-state index in [0.717, 1.165) is 22.3 Å². The van der Waals surface area contributed by atoms with Crippen molar-refractivity contribution >= 4 is 10.8 Å². The van der Waals surface area contributed by atoms with Crippen molar-refractivity contribution in [2.45, 2.75) is 0 Å². The van der Waals surface area contributed by atoms with Gasteiger partial charge in [0.2, 0.25) is 0 Å². The predicted octanol–water partition coefficient (Wildman–Crippen LogP) is 6.02. The van der Waals surface area contributed by atoms with Crippen molar-refractivity contribution in [1.82, 2.24) is 0 Å². The summed E-state index contributed by atoms with van der Waals surface area (Å²) in [6.45, 7) is 0. The van der Waals surface area contributed by atoms with Gasteiger partial charge in [0.1, 0.15) is 11.5 Å². The third-order valence-electron chi connectivity index (χ3n) is 3.46. The molecule has 0 N–H and O–H groups in total. The van der Waals surface area contributed by atoms with E-state index in [9.17, 15) is 0 Å². The summed E-state index contributed by atoms with van der Waals surface area (Å²) >= 11 is 0. The number of benzene rings is 3. The van der Waals surface area contributed by atoms with E-state index < -0.39 is 0 Å². The molecule has 3 heteroatoms. The summed E-state index contributed by atoms with van der Waals surface area (Å²) in [6.07, 6.45) is 0. The fraction of sp³-hybridized carbons (Fsp3) is 0. The molecule has 4 rings (SSSR count). The van der Waals surface area contributed by atoms with Crippen molar-refractivity contribution in [2.75, 3.05) is 0 Å². The lowest BCUT2D eigenvalue weighted by molar-refractivity contribution is 0.287. The molecule has 0 bridgehead atoms. The highest BCUT2D eigenvalue weighted by atomic mass is 16.7. The van der Waals surface area contributed by atoms with Crippen LogP contribution in [-0.4, -0.2) is 0 Å². The molecule has 23 heavy (non-hydrogen) atoms. The van der Waals surface area contributed by atoms with Crippen LogP contribution in [0.3, 0.4) is 0 Å². The summed E-state index contributed by atoms with van der Waals surface area (Å²) in [5.41, 5.74) is 0. The first-order valence-corrected chi connectivity index (χ1v) is 7.37. The van der Waals surface area contributed by atoms with Crippen molar-refractivity contribution in [3.8, 4) is 23.4 Å². The fourth-order valence-electron chi connectivity index (χ4n) is 2.38. The summed E-state index contributed by atoms with van der Waals surface area (Å²) in [6, 6.07) is 26.9. The van der Waals surface area contributed by atoms with Gasteiger partial charge in [0.15, 0.2) is 0 Å². The Morgan fingerprint density at radius 3 is 1.30 bits per heavy atom. The van der Waals surface area contributed by atoms with Crippen molar-refractivity contribution in [1.29, 1.82) is 0 Å². The van der Waals surface area contributed by atoms with Gasteiger partial charge in [-0.1, -0.05) is 48.5 Å². The normalized spacial score (nSPS) is 10.6. The summed E-state index contributed by atoms with van der Waals surface area (Å²) in [7, 11) is 0. The molecule has 0 aliphatic carbocycles. The van der Waals surface area contributed by atoms with Gasteiger partial charge in [0.25, 0.3) is 0 Å². The maximum atomic E-state index is 5.86. The number of rotatable bonds is 4. The van der Waals surface area contributed by atoms with Crippen molar-refractivity contribution in [3.63, 3.8) is 0 Å². The fourth-order valence-corrected chi connectivity index (χ4v) is 2.38. The Balaban J connectivity index is 1.74. The van der Waals surface area contributed by atoms with Crippen molar-refractivity contribution < 1.29 is 13.9 Å². The molecule has 0 aliphatic rings. The molecular weight excluding hydrogens is 288 g/mol. The second kappa shape index (κ2) is 5.89. The molecule has 4 aromatic rings. The van der Waals surface area contributed by atoms with Gasteiger partial charge in [0, 0.05) is 0 Å². The Labute approximate surface area is 133 Å². The number of ether oxygens (including phenoxy) is 2. The van der Waals surface area contributed by atoms with Crippen LogP contribution in [0.25, 0.3) is 10.8 Å². The molecule has 0 saturated heterocycles. The molecule has 0 spiro atoms. The quantitative estimate of drug-likeness (QED) is 0.462. The molecule has 3 aromatic carbocycles. The topological polar surface area (TPSA) is 31.6 Å². The first-order chi connectivity index (χ1) is 11.4. The third-order valence-corrected chi connectivity index (χ3v) is 3.46. The first-order valence-electron chi connectivity index (χ1n) is 7.37. The van der Waals surface area contributed by atoms with Crippen LogP contribution in [0, 0.1) is 0 Å². The maximum Gasteiger partial charge on any atom is 0.301 e. The summed E-state index contributed by atoms with van der Waals surface area (Å²) in [5.74, 6) is 2.30. The van der Waals surface area contributed by atoms with E-state index in [0.29, 0.717) is 11.9 Å². The van der Waals surface area contributed by atoms with E-state index in [2.05, 4.69) is 0 Å². The van der Waals surface area contributed by atoms with Gasteiger partial charge in [-0.2, -0.15) is 0 Å². The molecule has 0 amide bonds. The predicted molar refractivity (Wildman–Crippen MR) is 89.2 cm³/mol. The number of fused-ring (bicyclic) bond motifs is 1. The third kappa shape index (κ3) is 2.77. The van der Waals surface area contributed by atoms with Gasteiger partial charge in [-0.05, 0) is 36.4 Å². The zero-order valence-electron chi connectivity index (χ0n) is 12.3. The lowest BCUT2D eigenvalue weighted by Gasteiger charge is -2.02. The molecule has 112 valence electrons. The lowest BCUT2D eigenvalue weighted by Crippen LogP contribution is -1.81. The summed E-state index contributed by atoms with van der Waals surface area (Å²) in [4.78, 5) is 0. The van der Waals surface area contributed by atoms with Gasteiger partial charge in [0.05, 0.1) is 10.8 Å².